The highest BCUT2D eigenvalue weighted by molar-refractivity contribution is 5.42. The summed E-state index contributed by atoms with van der Waals surface area (Å²) in [7, 11) is 1.74. The lowest BCUT2D eigenvalue weighted by Crippen LogP contribution is -2.29. The van der Waals surface area contributed by atoms with E-state index in [1.54, 1.807) is 11.7 Å². The van der Waals surface area contributed by atoms with Crippen molar-refractivity contribution in [2.75, 3.05) is 5.73 Å². The second-order valence-electron chi connectivity index (χ2n) is 3.81. The van der Waals surface area contributed by atoms with Crippen molar-refractivity contribution in [3.63, 3.8) is 0 Å². The van der Waals surface area contributed by atoms with Gasteiger partial charge >= 0.3 is 5.69 Å². The van der Waals surface area contributed by atoms with Crippen LogP contribution in [-0.4, -0.2) is 19.3 Å². The third-order valence-electron chi connectivity index (χ3n) is 2.62. The number of nitrogens with zero attached hydrogens (tertiary/aromatic N) is 3. The lowest BCUT2D eigenvalue weighted by atomic mass is 10.2. The number of anilines is 1. The van der Waals surface area contributed by atoms with Gasteiger partial charge in [-0.1, -0.05) is 0 Å². The Kier molecular flexibility index (Phi) is 2.58. The molecule has 0 aliphatic carbocycles. The van der Waals surface area contributed by atoms with Crippen LogP contribution in [0.1, 0.15) is 11.3 Å². The number of nitrogen functional groups attached to an aromatic ring is 1. The van der Waals surface area contributed by atoms with Crippen LogP contribution in [-0.2, 0) is 13.6 Å². The molecule has 2 aromatic rings. The first-order chi connectivity index (χ1) is 7.99. The van der Waals surface area contributed by atoms with Crippen LogP contribution in [0.3, 0.4) is 0 Å². The van der Waals surface area contributed by atoms with Gasteiger partial charge < -0.3 is 5.73 Å². The summed E-state index contributed by atoms with van der Waals surface area (Å²) in [4.78, 5) is 24.6. The zero-order valence-corrected chi connectivity index (χ0v) is 9.60. The fourth-order valence-corrected chi connectivity index (χ4v) is 1.65. The Morgan fingerprint density at radius 3 is 2.71 bits per heavy atom. The van der Waals surface area contributed by atoms with E-state index in [4.69, 9.17) is 5.73 Å². The largest absolute Gasteiger partial charge is 0.384 e. The predicted molar refractivity (Wildman–Crippen MR) is 62.8 cm³/mol. The summed E-state index contributed by atoms with van der Waals surface area (Å²) in [5.74, 6) is 0.514. The average molecular weight is 235 g/mol. The van der Waals surface area contributed by atoms with E-state index in [0.29, 0.717) is 12.4 Å². The van der Waals surface area contributed by atoms with E-state index < -0.39 is 11.2 Å². The van der Waals surface area contributed by atoms with E-state index in [1.807, 2.05) is 6.92 Å². The minimum absolute atomic E-state index is 0.293. The molecule has 2 rings (SSSR count). The van der Waals surface area contributed by atoms with Gasteiger partial charge in [0.05, 0.1) is 12.2 Å². The summed E-state index contributed by atoms with van der Waals surface area (Å²) >= 11 is 0. The Bertz CT molecular complexity index is 664. The number of aromatic amines is 1. The van der Waals surface area contributed by atoms with Crippen LogP contribution in [0.25, 0.3) is 0 Å². The smallest absolute Gasteiger partial charge is 0.328 e. The van der Waals surface area contributed by atoms with Crippen molar-refractivity contribution in [1.82, 2.24) is 19.3 Å². The van der Waals surface area contributed by atoms with Crippen molar-refractivity contribution in [3.8, 4) is 0 Å². The highest BCUT2D eigenvalue weighted by atomic mass is 16.2. The number of nitrogens with two attached hydrogens (primary N) is 1. The highest BCUT2D eigenvalue weighted by Gasteiger charge is 2.11. The van der Waals surface area contributed by atoms with Gasteiger partial charge in [-0.15, -0.1) is 0 Å². The third kappa shape index (κ3) is 1.99. The number of aromatic nitrogens is 4. The van der Waals surface area contributed by atoms with Gasteiger partial charge in [-0.2, -0.15) is 5.10 Å². The summed E-state index contributed by atoms with van der Waals surface area (Å²) in [5, 5.41) is 4.16. The quantitative estimate of drug-likeness (QED) is 0.712. The van der Waals surface area contributed by atoms with Crippen molar-refractivity contribution in [3.05, 3.63) is 44.4 Å². The van der Waals surface area contributed by atoms with Crippen LogP contribution in [0.5, 0.6) is 0 Å². The zero-order valence-electron chi connectivity index (χ0n) is 9.60. The molecule has 0 saturated carbocycles. The maximum Gasteiger partial charge on any atom is 0.328 e. The molecule has 0 fully saturated rings. The number of nitrogens with one attached hydrogen (secondary N) is 1. The van der Waals surface area contributed by atoms with Crippen molar-refractivity contribution < 1.29 is 0 Å². The number of hydrogen-bond donors (Lipinski definition) is 2. The molecule has 0 amide bonds. The monoisotopic (exact) mass is 235 g/mol. The first-order valence-electron chi connectivity index (χ1n) is 5.06. The van der Waals surface area contributed by atoms with Crippen molar-refractivity contribution in [2.24, 2.45) is 7.05 Å². The van der Waals surface area contributed by atoms with Gasteiger partial charge in [0.1, 0.15) is 5.82 Å². The van der Waals surface area contributed by atoms with Gasteiger partial charge in [-0.3, -0.25) is 19.0 Å². The molecule has 2 heterocycles. The number of aryl methyl sites for hydroxylation is 2. The molecule has 2 aromatic heterocycles. The normalized spacial score (nSPS) is 10.7. The minimum atomic E-state index is -0.458. The molecule has 90 valence electrons. The van der Waals surface area contributed by atoms with Gasteiger partial charge in [0.25, 0.3) is 5.56 Å². The van der Waals surface area contributed by atoms with Crippen LogP contribution in [0, 0.1) is 6.92 Å². The fraction of sp³-hybridized carbons (Fsp3) is 0.300. The minimum Gasteiger partial charge on any atom is -0.384 e. The molecule has 7 heteroatoms. The first-order valence-corrected chi connectivity index (χ1v) is 5.06. The maximum absolute atomic E-state index is 11.5. The van der Waals surface area contributed by atoms with Crippen molar-refractivity contribution in [2.45, 2.75) is 13.5 Å². The average Bonchev–Trinajstić information content (AvgIpc) is 2.48. The van der Waals surface area contributed by atoms with Crippen LogP contribution >= 0.6 is 0 Å². The molecular formula is C10H13N5O2. The van der Waals surface area contributed by atoms with E-state index in [2.05, 4.69) is 10.1 Å². The third-order valence-corrected chi connectivity index (χ3v) is 2.62. The predicted octanol–water partition coefficient (Wildman–Crippen LogP) is -0.791. The van der Waals surface area contributed by atoms with Crippen molar-refractivity contribution >= 4 is 5.82 Å². The van der Waals surface area contributed by atoms with Crippen LogP contribution < -0.4 is 17.0 Å². The lowest BCUT2D eigenvalue weighted by Gasteiger charge is -2.04. The Morgan fingerprint density at radius 2 is 2.18 bits per heavy atom. The molecule has 0 unspecified atom stereocenters. The van der Waals surface area contributed by atoms with Gasteiger partial charge in [-0.25, -0.2) is 4.79 Å². The second-order valence-corrected chi connectivity index (χ2v) is 3.81. The molecular weight excluding hydrogens is 222 g/mol. The molecule has 0 atom stereocenters. The van der Waals surface area contributed by atoms with Crippen molar-refractivity contribution in [1.29, 1.82) is 0 Å². The van der Waals surface area contributed by atoms with Gasteiger partial charge in [0.15, 0.2) is 0 Å². The number of H-pyrrole nitrogens is 1. The van der Waals surface area contributed by atoms with Crippen LogP contribution in [0.2, 0.25) is 0 Å². The topological polar surface area (TPSA) is 98.7 Å². The molecule has 0 bridgehead atoms. The summed E-state index contributed by atoms with van der Waals surface area (Å²) < 4.78 is 2.93. The van der Waals surface area contributed by atoms with E-state index in [1.165, 1.54) is 16.8 Å². The summed E-state index contributed by atoms with van der Waals surface area (Å²) in [5.41, 5.74) is 6.52. The molecule has 17 heavy (non-hydrogen) atoms. The molecule has 0 radical (unpaired) electrons. The number of rotatable bonds is 2. The maximum atomic E-state index is 11.5. The summed E-state index contributed by atoms with van der Waals surface area (Å²) in [6.45, 7) is 2.11. The van der Waals surface area contributed by atoms with E-state index in [0.717, 1.165) is 11.3 Å². The highest BCUT2D eigenvalue weighted by Crippen LogP contribution is 2.15. The Balaban J connectivity index is 2.45. The Hall–Kier alpha value is -2.31. The van der Waals surface area contributed by atoms with Gasteiger partial charge in [0, 0.05) is 24.9 Å². The van der Waals surface area contributed by atoms with E-state index in [9.17, 15) is 9.59 Å². The molecule has 0 aromatic carbocycles. The molecule has 0 aliphatic rings. The fourth-order valence-electron chi connectivity index (χ4n) is 1.65. The summed E-state index contributed by atoms with van der Waals surface area (Å²) in [6, 6.07) is 1.29. The van der Waals surface area contributed by atoms with E-state index >= 15 is 0 Å². The molecule has 0 spiro atoms. The summed E-state index contributed by atoms with van der Waals surface area (Å²) in [6.07, 6.45) is 1.44. The van der Waals surface area contributed by atoms with Crippen LogP contribution in [0.4, 0.5) is 5.82 Å². The SMILES string of the molecule is Cc1nn(C)c(N)c1Cn1ccc(=O)[nH]c1=O. The van der Waals surface area contributed by atoms with E-state index in [-0.39, 0.29) is 0 Å². The van der Waals surface area contributed by atoms with Gasteiger partial charge in [-0.05, 0) is 6.92 Å². The first kappa shape index (κ1) is 11.2. The standard InChI is InChI=1S/C10H13N5O2/c1-6-7(9(11)14(2)13-6)5-15-4-3-8(16)12-10(15)17/h3-4H,5,11H2,1-2H3,(H,12,16,17). The Labute approximate surface area is 96.5 Å². The lowest BCUT2D eigenvalue weighted by molar-refractivity contribution is 0.718. The molecule has 3 N–H and O–H groups in total. The van der Waals surface area contributed by atoms with Gasteiger partial charge in [0.2, 0.25) is 0 Å². The molecule has 0 aliphatic heterocycles. The van der Waals surface area contributed by atoms with Crippen LogP contribution in [0.15, 0.2) is 21.9 Å². The number of hydrogen-bond acceptors (Lipinski definition) is 4. The molecule has 7 nitrogen and oxygen atoms in total. The second kappa shape index (κ2) is 3.93. The Morgan fingerprint density at radius 1 is 1.47 bits per heavy atom. The zero-order chi connectivity index (χ0) is 12.6. The molecule has 0 saturated heterocycles.